The van der Waals surface area contributed by atoms with Crippen molar-refractivity contribution in [3.63, 3.8) is 0 Å². The Kier molecular flexibility index (Phi) is 6.07. The molecule has 0 radical (unpaired) electrons. The van der Waals surface area contributed by atoms with Gasteiger partial charge in [0.15, 0.2) is 5.13 Å². The zero-order valence-corrected chi connectivity index (χ0v) is 12.8. The van der Waals surface area contributed by atoms with Gasteiger partial charge in [-0.1, -0.05) is 13.3 Å². The van der Waals surface area contributed by atoms with Gasteiger partial charge in [-0.25, -0.2) is 4.98 Å². The van der Waals surface area contributed by atoms with Crippen LogP contribution < -0.4 is 10.2 Å². The summed E-state index contributed by atoms with van der Waals surface area (Å²) in [5.74, 6) is 0.923. The van der Waals surface area contributed by atoms with Gasteiger partial charge in [0.2, 0.25) is 0 Å². The molecule has 0 aromatic carbocycles. The number of hydrogen-bond acceptors (Lipinski definition) is 5. The zero-order chi connectivity index (χ0) is 13.5. The van der Waals surface area contributed by atoms with E-state index in [0.29, 0.717) is 0 Å². The number of ether oxygens (including phenoxy) is 1. The Bertz CT molecular complexity index is 361. The van der Waals surface area contributed by atoms with Gasteiger partial charge in [-0.05, 0) is 18.8 Å². The highest BCUT2D eigenvalue weighted by Crippen LogP contribution is 2.27. The number of nitrogens with zero attached hydrogens (tertiary/aromatic N) is 2. The topological polar surface area (TPSA) is 37.4 Å². The molecule has 1 aliphatic heterocycles. The van der Waals surface area contributed by atoms with Gasteiger partial charge in [0.25, 0.3) is 0 Å². The second-order valence-electron chi connectivity index (χ2n) is 5.13. The average Bonchev–Trinajstić information content (AvgIpc) is 2.92. The molecular weight excluding hydrogens is 258 g/mol. The van der Waals surface area contributed by atoms with E-state index in [0.717, 1.165) is 31.3 Å². The van der Waals surface area contributed by atoms with Crippen LogP contribution in [0.1, 0.15) is 31.9 Å². The van der Waals surface area contributed by atoms with E-state index in [1.807, 2.05) is 0 Å². The highest BCUT2D eigenvalue weighted by Gasteiger charge is 2.19. The fourth-order valence-corrected chi connectivity index (χ4v) is 3.32. The van der Waals surface area contributed by atoms with Crippen molar-refractivity contribution in [1.82, 2.24) is 10.3 Å². The lowest BCUT2D eigenvalue weighted by Crippen LogP contribution is -2.33. The van der Waals surface area contributed by atoms with E-state index in [1.54, 1.807) is 18.4 Å². The monoisotopic (exact) mass is 283 g/mol. The first-order valence-corrected chi connectivity index (χ1v) is 8.10. The summed E-state index contributed by atoms with van der Waals surface area (Å²) in [5.41, 5.74) is 1.15. The summed E-state index contributed by atoms with van der Waals surface area (Å²) < 4.78 is 5.01. The molecule has 0 amide bonds. The van der Waals surface area contributed by atoms with Crippen molar-refractivity contribution in [1.29, 1.82) is 0 Å². The molecular formula is C14H25N3OS. The Morgan fingerprint density at radius 1 is 1.47 bits per heavy atom. The maximum Gasteiger partial charge on any atom is 0.185 e. The lowest BCUT2D eigenvalue weighted by Gasteiger charge is -2.31. The molecule has 19 heavy (non-hydrogen) atoms. The van der Waals surface area contributed by atoms with Gasteiger partial charge >= 0.3 is 0 Å². The van der Waals surface area contributed by atoms with Gasteiger partial charge in [-0.15, -0.1) is 11.3 Å². The van der Waals surface area contributed by atoms with Crippen LogP contribution >= 0.6 is 11.3 Å². The summed E-state index contributed by atoms with van der Waals surface area (Å²) in [6, 6.07) is 0. The standard InChI is InChI=1S/C14H25N3OS/c1-3-12-4-7-17(8-5-12)14-16-13(11-19-14)10-15-6-9-18-2/h11-12,15H,3-10H2,1-2H3. The third-order valence-electron chi connectivity index (χ3n) is 3.79. The van der Waals surface area contributed by atoms with Gasteiger partial charge in [-0.3, -0.25) is 0 Å². The third kappa shape index (κ3) is 4.44. The molecule has 1 saturated heterocycles. The largest absolute Gasteiger partial charge is 0.383 e. The maximum atomic E-state index is 5.01. The average molecular weight is 283 g/mol. The number of nitrogens with one attached hydrogen (secondary N) is 1. The smallest absolute Gasteiger partial charge is 0.185 e. The maximum absolute atomic E-state index is 5.01. The van der Waals surface area contributed by atoms with Crippen molar-refractivity contribution in [3.8, 4) is 0 Å². The Labute approximate surface area is 120 Å². The van der Waals surface area contributed by atoms with Crippen LogP contribution in [-0.2, 0) is 11.3 Å². The highest BCUT2D eigenvalue weighted by molar-refractivity contribution is 7.13. The predicted molar refractivity (Wildman–Crippen MR) is 80.9 cm³/mol. The van der Waals surface area contributed by atoms with Crippen LogP contribution in [0, 0.1) is 5.92 Å². The van der Waals surface area contributed by atoms with Crippen LogP contribution in [0.3, 0.4) is 0 Å². The van der Waals surface area contributed by atoms with Crippen molar-refractivity contribution in [2.24, 2.45) is 5.92 Å². The number of piperidine rings is 1. The van der Waals surface area contributed by atoms with E-state index in [4.69, 9.17) is 9.72 Å². The third-order valence-corrected chi connectivity index (χ3v) is 4.74. The van der Waals surface area contributed by atoms with E-state index >= 15 is 0 Å². The molecule has 0 saturated carbocycles. The number of thiazole rings is 1. The number of methoxy groups -OCH3 is 1. The second kappa shape index (κ2) is 7.82. The molecule has 108 valence electrons. The lowest BCUT2D eigenvalue weighted by molar-refractivity contribution is 0.199. The molecule has 1 aromatic rings. The molecule has 4 nitrogen and oxygen atoms in total. The fourth-order valence-electron chi connectivity index (χ4n) is 2.45. The van der Waals surface area contributed by atoms with Crippen LogP contribution in [0.25, 0.3) is 0 Å². The van der Waals surface area contributed by atoms with E-state index in [-0.39, 0.29) is 0 Å². The minimum Gasteiger partial charge on any atom is -0.383 e. The molecule has 0 atom stereocenters. The van der Waals surface area contributed by atoms with Crippen molar-refractivity contribution in [3.05, 3.63) is 11.1 Å². The van der Waals surface area contributed by atoms with E-state index in [2.05, 4.69) is 22.5 Å². The molecule has 0 aliphatic carbocycles. The molecule has 1 aromatic heterocycles. The van der Waals surface area contributed by atoms with Crippen LogP contribution in [0.2, 0.25) is 0 Å². The predicted octanol–water partition coefficient (Wildman–Crippen LogP) is 2.51. The molecule has 1 aliphatic rings. The number of aromatic nitrogens is 1. The van der Waals surface area contributed by atoms with E-state index in [9.17, 15) is 0 Å². The zero-order valence-electron chi connectivity index (χ0n) is 12.0. The first kappa shape index (κ1) is 14.8. The minimum atomic E-state index is 0.752. The summed E-state index contributed by atoms with van der Waals surface area (Å²) in [7, 11) is 1.72. The van der Waals surface area contributed by atoms with Crippen LogP contribution in [0.4, 0.5) is 5.13 Å². The number of hydrogen-bond donors (Lipinski definition) is 1. The Hall–Kier alpha value is -0.650. The SMILES string of the molecule is CCC1CCN(c2nc(CNCCOC)cs2)CC1. The molecule has 0 spiro atoms. The van der Waals surface area contributed by atoms with Crippen LogP contribution in [0.5, 0.6) is 0 Å². The van der Waals surface area contributed by atoms with E-state index in [1.165, 1.54) is 37.5 Å². The molecule has 1 fully saturated rings. The quantitative estimate of drug-likeness (QED) is 0.780. The molecule has 0 bridgehead atoms. The first-order chi connectivity index (χ1) is 9.33. The lowest BCUT2D eigenvalue weighted by atomic mass is 9.95. The van der Waals surface area contributed by atoms with Crippen LogP contribution in [0.15, 0.2) is 5.38 Å². The number of anilines is 1. The van der Waals surface area contributed by atoms with Gasteiger partial charge in [0.05, 0.1) is 12.3 Å². The van der Waals surface area contributed by atoms with Crippen LogP contribution in [-0.4, -0.2) is 38.3 Å². The normalized spacial score (nSPS) is 17.1. The van der Waals surface area contributed by atoms with Crippen molar-refractivity contribution >= 4 is 16.5 Å². The molecule has 0 unspecified atom stereocenters. The second-order valence-corrected chi connectivity index (χ2v) is 5.97. The highest BCUT2D eigenvalue weighted by atomic mass is 32.1. The van der Waals surface area contributed by atoms with Crippen molar-refractivity contribution in [2.75, 3.05) is 38.3 Å². The Morgan fingerprint density at radius 3 is 2.95 bits per heavy atom. The molecule has 5 heteroatoms. The Morgan fingerprint density at radius 2 is 2.26 bits per heavy atom. The summed E-state index contributed by atoms with van der Waals surface area (Å²) in [4.78, 5) is 7.16. The van der Waals surface area contributed by atoms with Gasteiger partial charge < -0.3 is 15.0 Å². The summed E-state index contributed by atoms with van der Waals surface area (Å²) >= 11 is 1.77. The Balaban J connectivity index is 1.77. The molecule has 1 N–H and O–H groups in total. The number of rotatable bonds is 7. The van der Waals surface area contributed by atoms with E-state index < -0.39 is 0 Å². The van der Waals surface area contributed by atoms with Gasteiger partial charge in [0, 0.05) is 38.7 Å². The molecule has 2 heterocycles. The summed E-state index contributed by atoms with van der Waals surface area (Å²) in [6.45, 7) is 7.11. The van der Waals surface area contributed by atoms with Gasteiger partial charge in [0.1, 0.15) is 0 Å². The summed E-state index contributed by atoms with van der Waals surface area (Å²) in [5, 5.41) is 6.70. The van der Waals surface area contributed by atoms with Crippen molar-refractivity contribution < 1.29 is 4.74 Å². The first-order valence-electron chi connectivity index (χ1n) is 7.22. The minimum absolute atomic E-state index is 0.752. The van der Waals surface area contributed by atoms with Crippen molar-refractivity contribution in [2.45, 2.75) is 32.7 Å². The fraction of sp³-hybridized carbons (Fsp3) is 0.786. The molecule has 2 rings (SSSR count). The summed E-state index contributed by atoms with van der Waals surface area (Å²) in [6.07, 6.45) is 3.95. The van der Waals surface area contributed by atoms with Gasteiger partial charge in [-0.2, -0.15) is 0 Å².